The van der Waals surface area contributed by atoms with E-state index >= 15 is 0 Å². The number of nitro benzene ring substituents is 1. The molecular weight excluding hydrogens is 627 g/mol. The van der Waals surface area contributed by atoms with Crippen molar-refractivity contribution >= 4 is 55.8 Å². The van der Waals surface area contributed by atoms with Gasteiger partial charge in [0.15, 0.2) is 0 Å². The molecule has 0 aliphatic heterocycles. The number of hydrogen-bond acceptors (Lipinski definition) is 3. The molecule has 2 rings (SSSR count). The van der Waals surface area contributed by atoms with Crippen LogP contribution in [0, 0.1) is 19.5 Å². The maximum absolute atomic E-state index is 14.3. The summed E-state index contributed by atoms with van der Waals surface area (Å²) in [5, 5.41) is 12.8. The zero-order chi connectivity index (χ0) is 23.9. The number of nitrogens with one attached hydrogen (secondary N) is 1. The Hall–Kier alpha value is -2.04. The summed E-state index contributed by atoms with van der Waals surface area (Å²) in [6.45, 7) is 0. The fraction of sp³-hybridized carbons (Fsp3) is 0.188. The molecule has 0 aromatic heterocycles. The van der Waals surface area contributed by atoms with E-state index in [0.29, 0.717) is 0 Å². The summed E-state index contributed by atoms with van der Waals surface area (Å²) < 4.78 is 105. The summed E-state index contributed by atoms with van der Waals surface area (Å²) in [5.41, 5.74) is -9.76. The minimum atomic E-state index is -6.34. The van der Waals surface area contributed by atoms with Gasteiger partial charge < -0.3 is 5.32 Å². The van der Waals surface area contributed by atoms with Crippen LogP contribution in [-0.4, -0.2) is 23.2 Å². The number of amides is 1. The fourth-order valence-corrected chi connectivity index (χ4v) is 4.09. The zero-order valence-electron chi connectivity index (χ0n) is 14.3. The summed E-state index contributed by atoms with van der Waals surface area (Å²) in [7, 11) is 0. The molecule has 0 saturated carbocycles. The first-order chi connectivity index (χ1) is 14.0. The van der Waals surface area contributed by atoms with Gasteiger partial charge in [0.05, 0.1) is 16.2 Å². The van der Waals surface area contributed by atoms with E-state index in [1.807, 2.05) is 5.32 Å². The molecule has 0 aliphatic carbocycles. The lowest BCUT2D eigenvalue weighted by atomic mass is 9.94. The summed E-state index contributed by atoms with van der Waals surface area (Å²) in [6, 6.07) is 3.01. The summed E-state index contributed by atoms with van der Waals surface area (Å²) in [5.74, 6) is -2.80. The molecule has 0 radical (unpaired) electrons. The predicted molar refractivity (Wildman–Crippen MR) is 103 cm³/mol. The van der Waals surface area contributed by atoms with Crippen LogP contribution in [0.4, 0.5) is 46.5 Å². The van der Waals surface area contributed by atoms with Crippen molar-refractivity contribution in [3.8, 4) is 0 Å². The Labute approximate surface area is 189 Å². The Morgan fingerprint density at radius 2 is 1.61 bits per heavy atom. The third-order valence-corrected chi connectivity index (χ3v) is 5.36. The lowest BCUT2D eigenvalue weighted by Gasteiger charge is -2.31. The maximum Gasteiger partial charge on any atom is 0.435 e. The van der Waals surface area contributed by atoms with Gasteiger partial charge in [0.2, 0.25) is 5.82 Å². The highest BCUT2D eigenvalue weighted by Crippen LogP contribution is 2.54. The van der Waals surface area contributed by atoms with E-state index in [1.165, 1.54) is 22.6 Å². The topological polar surface area (TPSA) is 72.2 Å². The van der Waals surface area contributed by atoms with Crippen LogP contribution in [0.3, 0.4) is 0 Å². The number of carbonyl (C=O) groups excluding carboxylic acids is 1. The Morgan fingerprint density at radius 3 is 2.06 bits per heavy atom. The monoisotopic (exact) mass is 632 g/mol. The quantitative estimate of drug-likeness (QED) is 0.178. The maximum atomic E-state index is 14.3. The van der Waals surface area contributed by atoms with Crippen molar-refractivity contribution in [3.05, 3.63) is 65.4 Å². The van der Waals surface area contributed by atoms with Crippen molar-refractivity contribution in [1.29, 1.82) is 0 Å². The number of hydrogen-bond donors (Lipinski definition) is 1. The summed E-state index contributed by atoms with van der Waals surface area (Å²) >= 11 is 3.90. The van der Waals surface area contributed by atoms with Crippen molar-refractivity contribution in [2.45, 2.75) is 18.0 Å². The molecule has 0 aliphatic rings. The second kappa shape index (κ2) is 8.48. The Kier molecular flexibility index (Phi) is 6.90. The van der Waals surface area contributed by atoms with Gasteiger partial charge in [-0.15, -0.1) is 0 Å². The van der Waals surface area contributed by atoms with Crippen molar-refractivity contribution in [2.24, 2.45) is 0 Å². The third kappa shape index (κ3) is 4.61. The van der Waals surface area contributed by atoms with Gasteiger partial charge in [0.1, 0.15) is 0 Å². The molecular formula is C16H6BrF8IN2O3. The van der Waals surface area contributed by atoms with Crippen molar-refractivity contribution in [1.82, 2.24) is 0 Å². The molecule has 1 amide bonds. The predicted octanol–water partition coefficient (Wildman–Crippen LogP) is 6.64. The van der Waals surface area contributed by atoms with E-state index in [0.717, 1.165) is 18.2 Å². The van der Waals surface area contributed by atoms with Crippen LogP contribution in [-0.2, 0) is 5.67 Å². The molecule has 0 unspecified atom stereocenters. The molecule has 0 fully saturated rings. The Morgan fingerprint density at radius 1 is 1.06 bits per heavy atom. The molecule has 0 spiro atoms. The minimum Gasteiger partial charge on any atom is -0.320 e. The van der Waals surface area contributed by atoms with Crippen LogP contribution in [0.2, 0.25) is 0 Å². The summed E-state index contributed by atoms with van der Waals surface area (Å²) in [6.07, 6.45) is -12.7. The molecule has 0 saturated heterocycles. The normalized spacial score (nSPS) is 12.6. The molecule has 0 bridgehead atoms. The molecule has 0 heterocycles. The van der Waals surface area contributed by atoms with Crippen LogP contribution in [0.1, 0.15) is 15.9 Å². The molecule has 0 atom stereocenters. The first-order valence-corrected chi connectivity index (χ1v) is 9.45. The van der Waals surface area contributed by atoms with Crippen molar-refractivity contribution < 1.29 is 44.8 Å². The lowest BCUT2D eigenvalue weighted by Crippen LogP contribution is -2.50. The molecule has 31 heavy (non-hydrogen) atoms. The van der Waals surface area contributed by atoms with Crippen LogP contribution in [0.5, 0.6) is 0 Å². The second-order valence-electron chi connectivity index (χ2n) is 5.82. The van der Waals surface area contributed by atoms with Crippen molar-refractivity contribution in [2.75, 3.05) is 5.32 Å². The Balaban J connectivity index is 2.52. The molecule has 168 valence electrons. The highest BCUT2D eigenvalue weighted by Gasteiger charge is 2.73. The first-order valence-electron chi connectivity index (χ1n) is 7.58. The Bertz CT molecular complexity index is 1020. The number of rotatable bonds is 4. The highest BCUT2D eigenvalue weighted by molar-refractivity contribution is 14.1. The van der Waals surface area contributed by atoms with Gasteiger partial charge >= 0.3 is 23.7 Å². The number of alkyl halides is 7. The second-order valence-corrected chi connectivity index (χ2v) is 7.84. The SMILES string of the molecule is O=C(Nc1c(Br)cc(C(F)(C(F)(F)F)C(F)(F)F)cc1I)c1cccc([N+](=O)[O-])c1F. The molecule has 2 aromatic rings. The molecule has 1 N–H and O–H groups in total. The number of carbonyl (C=O) groups is 1. The van der Waals surface area contributed by atoms with E-state index in [1.54, 1.807) is 0 Å². The van der Waals surface area contributed by atoms with E-state index in [-0.39, 0.29) is 12.1 Å². The fourth-order valence-electron chi connectivity index (χ4n) is 2.40. The van der Waals surface area contributed by atoms with Crippen molar-refractivity contribution in [3.63, 3.8) is 0 Å². The van der Waals surface area contributed by atoms with Gasteiger partial charge in [-0.3, -0.25) is 14.9 Å². The number of halogens is 10. The van der Waals surface area contributed by atoms with Gasteiger partial charge in [-0.2, -0.15) is 30.7 Å². The van der Waals surface area contributed by atoms with E-state index < -0.39 is 65.2 Å². The van der Waals surface area contributed by atoms with Gasteiger partial charge in [-0.1, -0.05) is 6.07 Å². The average Bonchev–Trinajstić information content (AvgIpc) is 2.61. The average molecular weight is 633 g/mol. The first kappa shape index (κ1) is 25.2. The zero-order valence-corrected chi connectivity index (χ0v) is 18.1. The van der Waals surface area contributed by atoms with Gasteiger partial charge in [-0.25, -0.2) is 4.39 Å². The largest absolute Gasteiger partial charge is 0.435 e. The summed E-state index contributed by atoms with van der Waals surface area (Å²) in [4.78, 5) is 21.9. The molecule has 2 aromatic carbocycles. The van der Waals surface area contributed by atoms with Gasteiger partial charge in [-0.05, 0) is 56.7 Å². The number of anilines is 1. The van der Waals surface area contributed by atoms with Crippen LogP contribution >= 0.6 is 38.5 Å². The minimum absolute atomic E-state index is 0.169. The van der Waals surface area contributed by atoms with Crippen LogP contribution < -0.4 is 5.32 Å². The number of nitrogens with zero attached hydrogens (tertiary/aromatic N) is 1. The number of nitro groups is 1. The third-order valence-electron chi connectivity index (χ3n) is 3.88. The van der Waals surface area contributed by atoms with Crippen LogP contribution in [0.15, 0.2) is 34.8 Å². The van der Waals surface area contributed by atoms with Gasteiger partial charge in [0, 0.05) is 19.7 Å². The van der Waals surface area contributed by atoms with E-state index in [4.69, 9.17) is 0 Å². The lowest BCUT2D eigenvalue weighted by molar-refractivity contribution is -0.387. The number of benzene rings is 2. The van der Waals surface area contributed by atoms with Crippen LogP contribution in [0.25, 0.3) is 0 Å². The van der Waals surface area contributed by atoms with E-state index in [9.17, 15) is 50.0 Å². The molecule has 15 heteroatoms. The van der Waals surface area contributed by atoms with E-state index in [2.05, 4.69) is 15.9 Å². The standard InChI is InChI=1S/C16H6BrF8IN2O3/c17-8-4-6(14(19,15(20,21)22)16(23,24)25)5-9(26)12(8)27-13(29)7-2-1-3-10(11(7)18)28(30)31/h1-5H,(H,27,29). The smallest absolute Gasteiger partial charge is 0.320 e. The molecule has 5 nitrogen and oxygen atoms in total. The van der Waals surface area contributed by atoms with Gasteiger partial charge in [0.25, 0.3) is 5.91 Å². The highest BCUT2D eigenvalue weighted by atomic mass is 127.